The predicted octanol–water partition coefficient (Wildman–Crippen LogP) is 1.55. The lowest BCUT2D eigenvalue weighted by molar-refractivity contribution is -0.118. The number of rotatable bonds is 7. The molecule has 1 rings (SSSR count). The molecular weight excluding hydrogens is 238 g/mol. The zero-order valence-corrected chi connectivity index (χ0v) is 10.9. The van der Waals surface area contributed by atoms with Crippen LogP contribution in [0.2, 0.25) is 0 Å². The molecular formula is C12H17NO3S. The molecule has 0 aliphatic rings. The van der Waals surface area contributed by atoms with Crippen LogP contribution >= 0.6 is 11.8 Å². The first-order valence-electron chi connectivity index (χ1n) is 5.28. The number of thioether (sulfide) groups is 1. The SMILES string of the molecule is COc1ccc(OCCNC(=O)CSC)cc1. The van der Waals surface area contributed by atoms with Gasteiger partial charge in [0.1, 0.15) is 18.1 Å². The zero-order chi connectivity index (χ0) is 12.5. The van der Waals surface area contributed by atoms with Crippen molar-refractivity contribution < 1.29 is 14.3 Å². The van der Waals surface area contributed by atoms with Crippen molar-refractivity contribution in [2.75, 3.05) is 32.3 Å². The van der Waals surface area contributed by atoms with Crippen LogP contribution in [-0.4, -0.2) is 38.2 Å². The molecule has 1 aromatic rings. The molecule has 4 nitrogen and oxygen atoms in total. The maximum atomic E-state index is 11.1. The third kappa shape index (κ3) is 5.49. The average Bonchev–Trinajstić information content (AvgIpc) is 2.36. The Morgan fingerprint density at radius 3 is 2.53 bits per heavy atom. The molecule has 0 aliphatic heterocycles. The Morgan fingerprint density at radius 2 is 1.94 bits per heavy atom. The number of benzene rings is 1. The van der Waals surface area contributed by atoms with Crippen molar-refractivity contribution in [3.05, 3.63) is 24.3 Å². The van der Waals surface area contributed by atoms with E-state index in [0.29, 0.717) is 18.9 Å². The van der Waals surface area contributed by atoms with E-state index in [1.165, 1.54) is 11.8 Å². The van der Waals surface area contributed by atoms with Gasteiger partial charge in [0, 0.05) is 0 Å². The highest BCUT2D eigenvalue weighted by atomic mass is 32.2. The Balaban J connectivity index is 2.19. The summed E-state index contributed by atoms with van der Waals surface area (Å²) in [6.45, 7) is 0.984. The highest BCUT2D eigenvalue weighted by Gasteiger charge is 1.99. The van der Waals surface area contributed by atoms with E-state index in [-0.39, 0.29) is 5.91 Å². The molecule has 94 valence electrons. The van der Waals surface area contributed by atoms with Crippen LogP contribution < -0.4 is 14.8 Å². The minimum atomic E-state index is 0.0378. The van der Waals surface area contributed by atoms with Gasteiger partial charge >= 0.3 is 0 Å². The van der Waals surface area contributed by atoms with Gasteiger partial charge < -0.3 is 14.8 Å². The van der Waals surface area contributed by atoms with Crippen LogP contribution in [-0.2, 0) is 4.79 Å². The third-order valence-electron chi connectivity index (χ3n) is 2.03. The number of hydrogen-bond acceptors (Lipinski definition) is 4. The van der Waals surface area contributed by atoms with Crippen LogP contribution in [0, 0.1) is 0 Å². The molecule has 1 aromatic carbocycles. The molecule has 0 heterocycles. The molecule has 17 heavy (non-hydrogen) atoms. The van der Waals surface area contributed by atoms with Gasteiger partial charge in [-0.05, 0) is 30.5 Å². The minimum Gasteiger partial charge on any atom is -0.497 e. The summed E-state index contributed by atoms with van der Waals surface area (Å²) in [5.74, 6) is 2.09. The Kier molecular flexibility index (Phi) is 6.32. The Labute approximate surface area is 106 Å². The summed E-state index contributed by atoms with van der Waals surface area (Å²) in [7, 11) is 1.62. The first kappa shape index (κ1) is 13.7. The van der Waals surface area contributed by atoms with Crippen molar-refractivity contribution in [2.24, 2.45) is 0 Å². The van der Waals surface area contributed by atoms with Gasteiger partial charge in [-0.3, -0.25) is 4.79 Å². The van der Waals surface area contributed by atoms with Crippen LogP contribution in [0.25, 0.3) is 0 Å². The lowest BCUT2D eigenvalue weighted by Crippen LogP contribution is -2.29. The average molecular weight is 255 g/mol. The smallest absolute Gasteiger partial charge is 0.230 e. The van der Waals surface area contributed by atoms with Gasteiger partial charge in [0.05, 0.1) is 19.4 Å². The fourth-order valence-corrected chi connectivity index (χ4v) is 1.58. The van der Waals surface area contributed by atoms with Gasteiger partial charge in [0.2, 0.25) is 5.91 Å². The second-order valence-electron chi connectivity index (χ2n) is 3.31. The van der Waals surface area contributed by atoms with Gasteiger partial charge in [0.15, 0.2) is 0 Å². The van der Waals surface area contributed by atoms with Crippen LogP contribution in [0.3, 0.4) is 0 Å². The molecule has 0 saturated carbocycles. The molecule has 0 aromatic heterocycles. The lowest BCUT2D eigenvalue weighted by Gasteiger charge is -2.07. The number of carbonyl (C=O) groups excluding carboxylic acids is 1. The van der Waals surface area contributed by atoms with E-state index in [4.69, 9.17) is 9.47 Å². The maximum Gasteiger partial charge on any atom is 0.230 e. The number of nitrogens with one attached hydrogen (secondary N) is 1. The maximum absolute atomic E-state index is 11.1. The summed E-state index contributed by atoms with van der Waals surface area (Å²) in [5.41, 5.74) is 0. The fraction of sp³-hybridized carbons (Fsp3) is 0.417. The molecule has 1 amide bonds. The van der Waals surface area contributed by atoms with Crippen molar-refractivity contribution >= 4 is 17.7 Å². The van der Waals surface area contributed by atoms with Crippen molar-refractivity contribution in [3.63, 3.8) is 0 Å². The van der Waals surface area contributed by atoms with Gasteiger partial charge in [-0.2, -0.15) is 11.8 Å². The van der Waals surface area contributed by atoms with Crippen molar-refractivity contribution in [3.8, 4) is 11.5 Å². The van der Waals surface area contributed by atoms with E-state index in [0.717, 1.165) is 11.5 Å². The standard InChI is InChI=1S/C12H17NO3S/c1-15-10-3-5-11(6-4-10)16-8-7-13-12(14)9-17-2/h3-6H,7-9H2,1-2H3,(H,13,14). The number of carbonyl (C=O) groups is 1. The summed E-state index contributed by atoms with van der Waals surface area (Å²) < 4.78 is 10.5. The number of hydrogen-bond donors (Lipinski definition) is 1. The number of methoxy groups -OCH3 is 1. The fourth-order valence-electron chi connectivity index (χ4n) is 1.21. The summed E-state index contributed by atoms with van der Waals surface area (Å²) in [4.78, 5) is 11.1. The van der Waals surface area contributed by atoms with Crippen LogP contribution in [0.15, 0.2) is 24.3 Å². The lowest BCUT2D eigenvalue weighted by atomic mass is 10.3. The molecule has 0 bridgehead atoms. The molecule has 1 N–H and O–H groups in total. The summed E-state index contributed by atoms with van der Waals surface area (Å²) in [6, 6.07) is 7.34. The number of amides is 1. The van der Waals surface area contributed by atoms with Gasteiger partial charge in [-0.25, -0.2) is 0 Å². The second kappa shape index (κ2) is 7.84. The van der Waals surface area contributed by atoms with Crippen molar-refractivity contribution in [2.45, 2.75) is 0 Å². The van der Waals surface area contributed by atoms with E-state index < -0.39 is 0 Å². The minimum absolute atomic E-state index is 0.0378. The van der Waals surface area contributed by atoms with Gasteiger partial charge in [-0.1, -0.05) is 0 Å². The third-order valence-corrected chi connectivity index (χ3v) is 2.58. The summed E-state index contributed by atoms with van der Waals surface area (Å²) in [6.07, 6.45) is 1.90. The predicted molar refractivity (Wildman–Crippen MR) is 69.9 cm³/mol. The molecule has 0 atom stereocenters. The van der Waals surface area contributed by atoms with Crippen LogP contribution in [0.1, 0.15) is 0 Å². The largest absolute Gasteiger partial charge is 0.497 e. The van der Waals surface area contributed by atoms with Gasteiger partial charge in [-0.15, -0.1) is 0 Å². The highest BCUT2D eigenvalue weighted by molar-refractivity contribution is 7.99. The van der Waals surface area contributed by atoms with E-state index >= 15 is 0 Å². The Morgan fingerprint density at radius 1 is 1.29 bits per heavy atom. The quantitative estimate of drug-likeness (QED) is 0.751. The second-order valence-corrected chi connectivity index (χ2v) is 4.17. The zero-order valence-electron chi connectivity index (χ0n) is 10.1. The molecule has 0 unspecified atom stereocenters. The number of ether oxygens (including phenoxy) is 2. The molecule has 5 heteroatoms. The van der Waals surface area contributed by atoms with E-state index in [1.807, 2.05) is 30.5 Å². The summed E-state index contributed by atoms with van der Waals surface area (Å²) in [5, 5.41) is 2.77. The van der Waals surface area contributed by atoms with Crippen molar-refractivity contribution in [1.29, 1.82) is 0 Å². The Hall–Kier alpha value is -1.36. The monoisotopic (exact) mass is 255 g/mol. The molecule has 0 radical (unpaired) electrons. The molecule has 0 spiro atoms. The first-order chi connectivity index (χ1) is 8.26. The van der Waals surface area contributed by atoms with E-state index in [9.17, 15) is 4.79 Å². The van der Waals surface area contributed by atoms with E-state index in [2.05, 4.69) is 5.32 Å². The molecule has 0 fully saturated rings. The van der Waals surface area contributed by atoms with E-state index in [1.54, 1.807) is 7.11 Å². The Bertz CT molecular complexity index is 340. The van der Waals surface area contributed by atoms with Crippen LogP contribution in [0.4, 0.5) is 0 Å². The normalized spacial score (nSPS) is 9.76. The van der Waals surface area contributed by atoms with Crippen LogP contribution in [0.5, 0.6) is 11.5 Å². The molecule has 0 aliphatic carbocycles. The van der Waals surface area contributed by atoms with Crippen molar-refractivity contribution in [1.82, 2.24) is 5.32 Å². The first-order valence-corrected chi connectivity index (χ1v) is 6.68. The highest BCUT2D eigenvalue weighted by Crippen LogP contribution is 2.16. The molecule has 0 saturated heterocycles. The summed E-state index contributed by atoms with van der Waals surface area (Å²) >= 11 is 1.50. The van der Waals surface area contributed by atoms with Gasteiger partial charge in [0.25, 0.3) is 0 Å². The topological polar surface area (TPSA) is 47.6 Å².